The van der Waals surface area contributed by atoms with Crippen LogP contribution in [0.1, 0.15) is 0 Å². The summed E-state index contributed by atoms with van der Waals surface area (Å²) in [5, 5.41) is 0.992. The Morgan fingerprint density at radius 1 is 0.952 bits per heavy atom. The number of fused-ring (bicyclic) bond motifs is 1. The van der Waals surface area contributed by atoms with Crippen molar-refractivity contribution in [1.29, 1.82) is 0 Å². The largest absolute Gasteiger partial charge is 1.00 e. The van der Waals surface area contributed by atoms with Crippen LogP contribution in [0.4, 0.5) is 0 Å². The SMILES string of the molecule is COc1cc2cc(-c3cc[n+](C)cc3)oc2cc1OC.[I-]. The van der Waals surface area contributed by atoms with Crippen molar-refractivity contribution in [3.8, 4) is 22.8 Å². The minimum atomic E-state index is 0. The third-order valence-corrected chi connectivity index (χ3v) is 3.29. The topological polar surface area (TPSA) is 35.5 Å². The molecule has 5 heteroatoms. The van der Waals surface area contributed by atoms with E-state index in [2.05, 4.69) is 0 Å². The predicted octanol–water partition coefficient (Wildman–Crippen LogP) is -0.0545. The highest BCUT2D eigenvalue weighted by atomic mass is 127. The summed E-state index contributed by atoms with van der Waals surface area (Å²) in [5.41, 5.74) is 1.82. The summed E-state index contributed by atoms with van der Waals surface area (Å²) < 4.78 is 18.5. The minimum absolute atomic E-state index is 0. The van der Waals surface area contributed by atoms with Crippen LogP contribution in [-0.4, -0.2) is 14.2 Å². The van der Waals surface area contributed by atoms with E-state index in [1.165, 1.54) is 0 Å². The highest BCUT2D eigenvalue weighted by molar-refractivity contribution is 5.85. The Labute approximate surface area is 140 Å². The number of pyridine rings is 1. The number of rotatable bonds is 3. The van der Waals surface area contributed by atoms with Crippen molar-refractivity contribution >= 4 is 11.0 Å². The molecule has 0 radical (unpaired) electrons. The first-order valence-electron chi connectivity index (χ1n) is 6.32. The number of ether oxygens (including phenoxy) is 2. The molecule has 2 heterocycles. The summed E-state index contributed by atoms with van der Waals surface area (Å²) in [6.45, 7) is 0. The van der Waals surface area contributed by atoms with Crippen LogP contribution >= 0.6 is 0 Å². The third kappa shape index (κ3) is 2.97. The molecule has 0 unspecified atom stereocenters. The zero-order valence-electron chi connectivity index (χ0n) is 12.1. The fourth-order valence-corrected chi connectivity index (χ4v) is 2.17. The molecule has 3 aromatic rings. The van der Waals surface area contributed by atoms with E-state index in [0.717, 1.165) is 22.3 Å². The standard InChI is InChI=1S/C16H16NO3.HI/c1-17-6-4-11(5-7-17)13-8-12-9-15(18-2)16(19-3)10-14(12)20-13;/h4-10H,1-3H3;1H/q+1;/p-1. The first-order chi connectivity index (χ1) is 9.71. The lowest BCUT2D eigenvalue weighted by Gasteiger charge is -2.06. The molecule has 0 saturated carbocycles. The van der Waals surface area contributed by atoms with Gasteiger partial charge in [-0.3, -0.25) is 0 Å². The highest BCUT2D eigenvalue weighted by Crippen LogP contribution is 2.35. The molecule has 3 rings (SSSR count). The number of furan rings is 1. The van der Waals surface area contributed by atoms with Crippen LogP contribution in [0.15, 0.2) is 47.1 Å². The van der Waals surface area contributed by atoms with Gasteiger partial charge >= 0.3 is 0 Å². The first kappa shape index (κ1) is 15.6. The molecule has 4 nitrogen and oxygen atoms in total. The zero-order chi connectivity index (χ0) is 14.1. The van der Waals surface area contributed by atoms with Crippen LogP contribution < -0.4 is 38.0 Å². The molecule has 0 aliphatic rings. The number of hydrogen-bond donors (Lipinski definition) is 0. The van der Waals surface area contributed by atoms with Crippen molar-refractivity contribution in [2.45, 2.75) is 0 Å². The Balaban J connectivity index is 0.00000161. The minimum Gasteiger partial charge on any atom is -1.00 e. The fraction of sp³-hybridized carbons (Fsp3) is 0.188. The van der Waals surface area contributed by atoms with E-state index in [0.29, 0.717) is 11.5 Å². The Bertz CT molecular complexity index is 709. The van der Waals surface area contributed by atoms with Crippen molar-refractivity contribution in [3.05, 3.63) is 42.7 Å². The average Bonchev–Trinajstić information content (AvgIpc) is 2.89. The number of aromatic nitrogens is 1. The van der Waals surface area contributed by atoms with Crippen molar-refractivity contribution in [2.75, 3.05) is 14.2 Å². The smallest absolute Gasteiger partial charge is 0.169 e. The summed E-state index contributed by atoms with van der Waals surface area (Å²) in [6.07, 6.45) is 3.98. The summed E-state index contributed by atoms with van der Waals surface area (Å²) in [5.74, 6) is 2.20. The number of halogens is 1. The Morgan fingerprint density at radius 2 is 1.57 bits per heavy atom. The monoisotopic (exact) mass is 397 g/mol. The maximum atomic E-state index is 5.89. The molecule has 0 aliphatic heterocycles. The molecular formula is C16H16INO3. The van der Waals surface area contributed by atoms with Gasteiger partial charge < -0.3 is 37.9 Å². The molecule has 0 fully saturated rings. The Morgan fingerprint density at radius 3 is 2.19 bits per heavy atom. The predicted molar refractivity (Wildman–Crippen MR) is 75.9 cm³/mol. The molecule has 0 bridgehead atoms. The van der Waals surface area contributed by atoms with Crippen LogP contribution in [-0.2, 0) is 7.05 Å². The summed E-state index contributed by atoms with van der Waals surface area (Å²) >= 11 is 0. The molecule has 0 N–H and O–H groups in total. The summed E-state index contributed by atoms with van der Waals surface area (Å²) in [7, 11) is 5.23. The quantitative estimate of drug-likeness (QED) is 0.459. The maximum absolute atomic E-state index is 5.89. The van der Waals surface area contributed by atoms with Gasteiger partial charge in [0.15, 0.2) is 23.9 Å². The number of nitrogens with zero attached hydrogens (tertiary/aromatic N) is 1. The van der Waals surface area contributed by atoms with Crippen molar-refractivity contribution in [1.82, 2.24) is 0 Å². The summed E-state index contributed by atoms with van der Waals surface area (Å²) in [4.78, 5) is 0. The van der Waals surface area contributed by atoms with Crippen LogP contribution in [0.5, 0.6) is 11.5 Å². The number of hydrogen-bond acceptors (Lipinski definition) is 3. The van der Waals surface area contributed by atoms with Crippen molar-refractivity contribution in [3.63, 3.8) is 0 Å². The van der Waals surface area contributed by atoms with Gasteiger partial charge in [0.05, 0.1) is 14.2 Å². The Hall–Kier alpha value is -1.76. The van der Waals surface area contributed by atoms with Crippen LogP contribution in [0.3, 0.4) is 0 Å². The molecule has 2 aromatic heterocycles. The lowest BCUT2D eigenvalue weighted by atomic mass is 10.2. The second-order valence-corrected chi connectivity index (χ2v) is 4.61. The van der Waals surface area contributed by atoms with Gasteiger partial charge in [0, 0.05) is 29.1 Å². The van der Waals surface area contributed by atoms with E-state index in [-0.39, 0.29) is 24.0 Å². The second kappa shape index (κ2) is 6.34. The van der Waals surface area contributed by atoms with Gasteiger partial charge in [0.25, 0.3) is 0 Å². The van der Waals surface area contributed by atoms with E-state index < -0.39 is 0 Å². The van der Waals surface area contributed by atoms with Crippen molar-refractivity contribution in [2.24, 2.45) is 7.05 Å². The van der Waals surface area contributed by atoms with Gasteiger partial charge in [-0.1, -0.05) is 0 Å². The van der Waals surface area contributed by atoms with E-state index >= 15 is 0 Å². The molecule has 110 valence electrons. The number of benzene rings is 1. The van der Waals surface area contributed by atoms with Gasteiger partial charge in [0.1, 0.15) is 18.4 Å². The molecule has 0 aliphatic carbocycles. The highest BCUT2D eigenvalue weighted by Gasteiger charge is 2.12. The lowest BCUT2D eigenvalue weighted by Crippen LogP contribution is -3.00. The van der Waals surface area contributed by atoms with E-state index in [1.807, 2.05) is 54.3 Å². The molecular weight excluding hydrogens is 381 g/mol. The number of methoxy groups -OCH3 is 2. The van der Waals surface area contributed by atoms with Gasteiger partial charge in [-0.15, -0.1) is 0 Å². The van der Waals surface area contributed by atoms with Crippen LogP contribution in [0, 0.1) is 0 Å². The first-order valence-corrected chi connectivity index (χ1v) is 6.32. The van der Waals surface area contributed by atoms with Crippen LogP contribution in [0.25, 0.3) is 22.3 Å². The molecule has 0 amide bonds. The molecule has 1 aromatic carbocycles. The van der Waals surface area contributed by atoms with Crippen LogP contribution in [0.2, 0.25) is 0 Å². The van der Waals surface area contributed by atoms with Gasteiger partial charge in [-0.25, -0.2) is 4.57 Å². The van der Waals surface area contributed by atoms with Crippen molar-refractivity contribution < 1.29 is 42.4 Å². The summed E-state index contributed by atoms with van der Waals surface area (Å²) in [6, 6.07) is 9.82. The van der Waals surface area contributed by atoms with Gasteiger partial charge in [0.2, 0.25) is 0 Å². The van der Waals surface area contributed by atoms with E-state index in [9.17, 15) is 0 Å². The molecule has 21 heavy (non-hydrogen) atoms. The normalized spacial score (nSPS) is 10.2. The van der Waals surface area contributed by atoms with E-state index in [1.54, 1.807) is 14.2 Å². The maximum Gasteiger partial charge on any atom is 0.169 e. The molecule has 0 spiro atoms. The molecule has 0 saturated heterocycles. The second-order valence-electron chi connectivity index (χ2n) is 4.61. The number of aryl methyl sites for hydroxylation is 1. The fourth-order valence-electron chi connectivity index (χ4n) is 2.17. The Kier molecular flexibility index (Phi) is 4.72. The zero-order valence-corrected chi connectivity index (χ0v) is 14.2. The third-order valence-electron chi connectivity index (χ3n) is 3.29. The van der Waals surface area contributed by atoms with E-state index in [4.69, 9.17) is 13.9 Å². The lowest BCUT2D eigenvalue weighted by molar-refractivity contribution is -0.671. The average molecular weight is 397 g/mol. The molecule has 0 atom stereocenters. The van der Waals surface area contributed by atoms with Gasteiger partial charge in [-0.2, -0.15) is 0 Å². The van der Waals surface area contributed by atoms with Gasteiger partial charge in [-0.05, 0) is 12.1 Å².